The summed E-state index contributed by atoms with van der Waals surface area (Å²) in [7, 11) is 0. The van der Waals surface area contributed by atoms with Crippen LogP contribution in [0.25, 0.3) is 16.6 Å². The van der Waals surface area contributed by atoms with Gasteiger partial charge in [-0.1, -0.05) is 35.5 Å². The zero-order chi connectivity index (χ0) is 23.8. The second-order valence-electron chi connectivity index (χ2n) is 7.82. The molecule has 0 bridgehead atoms. The van der Waals surface area contributed by atoms with E-state index < -0.39 is 0 Å². The van der Waals surface area contributed by atoms with Crippen molar-refractivity contribution < 1.29 is 14.3 Å². The molecule has 1 amide bonds. The van der Waals surface area contributed by atoms with E-state index in [4.69, 9.17) is 26.1 Å². The Bertz CT molecular complexity index is 1500. The molecule has 0 spiro atoms. The minimum atomic E-state index is -0.239. The van der Waals surface area contributed by atoms with E-state index in [2.05, 4.69) is 5.32 Å². The van der Waals surface area contributed by atoms with Crippen LogP contribution in [-0.4, -0.2) is 28.0 Å². The van der Waals surface area contributed by atoms with Crippen LogP contribution in [0, 0.1) is 13.8 Å². The van der Waals surface area contributed by atoms with E-state index in [0.29, 0.717) is 38.3 Å². The minimum Gasteiger partial charge on any atom is -0.454 e. The lowest BCUT2D eigenvalue weighted by Gasteiger charge is -2.16. The standard InChI is InChI=1S/C25H20ClN3O4S/c1-14-4-3-5-20(15(14)2)29-24(31)18-8-6-16(26)10-19(18)28-25(29)34-12-23(30)27-17-7-9-21-22(11-17)33-13-32-21/h3-11H,12-13H2,1-2H3,(H,27,30). The van der Waals surface area contributed by atoms with Crippen molar-refractivity contribution in [3.63, 3.8) is 0 Å². The largest absolute Gasteiger partial charge is 0.454 e. The fourth-order valence-electron chi connectivity index (χ4n) is 3.73. The quantitative estimate of drug-likeness (QED) is 0.307. The summed E-state index contributed by atoms with van der Waals surface area (Å²) in [4.78, 5) is 30.9. The number of rotatable bonds is 5. The molecule has 0 saturated heterocycles. The third-order valence-electron chi connectivity index (χ3n) is 5.61. The number of ether oxygens (including phenoxy) is 2. The topological polar surface area (TPSA) is 82.5 Å². The van der Waals surface area contributed by atoms with Gasteiger partial charge in [0.05, 0.1) is 22.3 Å². The minimum absolute atomic E-state index is 0.0534. The van der Waals surface area contributed by atoms with Gasteiger partial charge in [0.1, 0.15) is 0 Å². The van der Waals surface area contributed by atoms with Crippen molar-refractivity contribution >= 4 is 45.9 Å². The summed E-state index contributed by atoms with van der Waals surface area (Å²) in [6.45, 7) is 4.11. The molecular formula is C25H20ClN3O4S. The van der Waals surface area contributed by atoms with E-state index in [1.165, 1.54) is 11.8 Å². The van der Waals surface area contributed by atoms with Gasteiger partial charge in [-0.15, -0.1) is 0 Å². The molecule has 9 heteroatoms. The number of nitrogens with one attached hydrogen (secondary N) is 1. The monoisotopic (exact) mass is 493 g/mol. The van der Waals surface area contributed by atoms with Gasteiger partial charge in [-0.25, -0.2) is 4.98 Å². The maximum Gasteiger partial charge on any atom is 0.266 e. The van der Waals surface area contributed by atoms with Gasteiger partial charge in [0, 0.05) is 16.8 Å². The van der Waals surface area contributed by atoms with Gasteiger partial charge in [0.2, 0.25) is 12.7 Å². The number of aromatic nitrogens is 2. The molecule has 0 unspecified atom stereocenters. The average molecular weight is 494 g/mol. The number of carbonyl (C=O) groups excluding carboxylic acids is 1. The van der Waals surface area contributed by atoms with Crippen LogP contribution in [0.1, 0.15) is 11.1 Å². The predicted molar refractivity (Wildman–Crippen MR) is 134 cm³/mol. The molecular weight excluding hydrogens is 474 g/mol. The number of hydrogen-bond donors (Lipinski definition) is 1. The maximum atomic E-state index is 13.5. The fraction of sp³-hybridized carbons (Fsp3) is 0.160. The van der Waals surface area contributed by atoms with Crippen molar-refractivity contribution in [3.8, 4) is 17.2 Å². The summed E-state index contributed by atoms with van der Waals surface area (Å²) >= 11 is 7.33. The lowest BCUT2D eigenvalue weighted by molar-refractivity contribution is -0.113. The van der Waals surface area contributed by atoms with Crippen molar-refractivity contribution in [1.82, 2.24) is 9.55 Å². The molecule has 3 aromatic carbocycles. The molecule has 5 rings (SSSR count). The number of nitrogens with zero attached hydrogens (tertiary/aromatic N) is 2. The van der Waals surface area contributed by atoms with Gasteiger partial charge in [-0.05, 0) is 61.4 Å². The Morgan fingerprint density at radius 3 is 2.79 bits per heavy atom. The SMILES string of the molecule is Cc1cccc(-n2c(SCC(=O)Nc3ccc4c(c3)OCO4)nc3cc(Cl)ccc3c2=O)c1C. The summed E-state index contributed by atoms with van der Waals surface area (Å²) in [6.07, 6.45) is 0. The number of amides is 1. The number of halogens is 1. The second-order valence-corrected chi connectivity index (χ2v) is 9.20. The molecule has 0 saturated carbocycles. The predicted octanol–water partition coefficient (Wildman–Crippen LogP) is 5.12. The first-order valence-electron chi connectivity index (χ1n) is 10.5. The first-order valence-corrected chi connectivity index (χ1v) is 11.9. The lowest BCUT2D eigenvalue weighted by atomic mass is 10.1. The maximum absolute atomic E-state index is 13.5. The van der Waals surface area contributed by atoms with Crippen LogP contribution in [0.2, 0.25) is 5.02 Å². The van der Waals surface area contributed by atoms with Crippen molar-refractivity contribution in [2.24, 2.45) is 0 Å². The van der Waals surface area contributed by atoms with E-state index in [1.54, 1.807) is 41.0 Å². The Labute approximate surface area is 204 Å². The van der Waals surface area contributed by atoms with Crippen molar-refractivity contribution in [3.05, 3.63) is 81.1 Å². The normalized spacial score (nSPS) is 12.2. The molecule has 1 aliphatic heterocycles. The van der Waals surface area contributed by atoms with E-state index in [1.807, 2.05) is 32.0 Å². The molecule has 0 fully saturated rings. The fourth-order valence-corrected chi connectivity index (χ4v) is 4.70. The number of benzene rings is 3. The Morgan fingerprint density at radius 1 is 1.12 bits per heavy atom. The van der Waals surface area contributed by atoms with Crippen LogP contribution < -0.4 is 20.3 Å². The zero-order valence-electron chi connectivity index (χ0n) is 18.4. The summed E-state index contributed by atoms with van der Waals surface area (Å²) in [6, 6.07) is 16.0. The first kappa shape index (κ1) is 22.3. The smallest absolute Gasteiger partial charge is 0.266 e. The summed E-state index contributed by atoms with van der Waals surface area (Å²) in [5, 5.41) is 4.21. The van der Waals surface area contributed by atoms with Crippen LogP contribution in [0.15, 0.2) is 64.5 Å². The Kier molecular flexibility index (Phi) is 5.93. The van der Waals surface area contributed by atoms with Crippen LogP contribution in [0.4, 0.5) is 5.69 Å². The zero-order valence-corrected chi connectivity index (χ0v) is 20.0. The molecule has 2 heterocycles. The number of anilines is 1. The average Bonchev–Trinajstić information content (AvgIpc) is 3.28. The summed E-state index contributed by atoms with van der Waals surface area (Å²) < 4.78 is 12.2. The Balaban J connectivity index is 1.48. The van der Waals surface area contributed by atoms with E-state index >= 15 is 0 Å². The van der Waals surface area contributed by atoms with Gasteiger partial charge in [-0.2, -0.15) is 0 Å². The molecule has 0 radical (unpaired) electrons. The van der Waals surface area contributed by atoms with Crippen molar-refractivity contribution in [2.45, 2.75) is 19.0 Å². The number of fused-ring (bicyclic) bond motifs is 2. The van der Waals surface area contributed by atoms with Crippen LogP contribution in [0.3, 0.4) is 0 Å². The van der Waals surface area contributed by atoms with Gasteiger partial charge in [0.25, 0.3) is 5.56 Å². The molecule has 0 atom stereocenters. The number of hydrogen-bond acceptors (Lipinski definition) is 6. The second kappa shape index (κ2) is 9.04. The number of carbonyl (C=O) groups is 1. The third kappa shape index (κ3) is 4.22. The van der Waals surface area contributed by atoms with E-state index in [9.17, 15) is 9.59 Å². The molecule has 7 nitrogen and oxygen atoms in total. The van der Waals surface area contributed by atoms with Gasteiger partial charge in [0.15, 0.2) is 16.7 Å². The molecule has 4 aromatic rings. The highest BCUT2D eigenvalue weighted by molar-refractivity contribution is 7.99. The van der Waals surface area contributed by atoms with Crippen LogP contribution >= 0.6 is 23.4 Å². The molecule has 0 aliphatic carbocycles. The van der Waals surface area contributed by atoms with Gasteiger partial charge < -0.3 is 14.8 Å². The van der Waals surface area contributed by atoms with Gasteiger partial charge >= 0.3 is 0 Å². The Hall–Kier alpha value is -3.49. The van der Waals surface area contributed by atoms with Crippen molar-refractivity contribution in [2.75, 3.05) is 17.9 Å². The number of thioether (sulfide) groups is 1. The third-order valence-corrected chi connectivity index (χ3v) is 6.78. The first-order chi connectivity index (χ1) is 16.4. The Morgan fingerprint density at radius 2 is 1.94 bits per heavy atom. The highest BCUT2D eigenvalue weighted by Crippen LogP contribution is 2.34. The highest BCUT2D eigenvalue weighted by atomic mass is 35.5. The summed E-state index contributed by atoms with van der Waals surface area (Å²) in [5.74, 6) is 1.04. The molecule has 1 N–H and O–H groups in total. The molecule has 1 aromatic heterocycles. The molecule has 34 heavy (non-hydrogen) atoms. The molecule has 172 valence electrons. The van der Waals surface area contributed by atoms with E-state index in [0.717, 1.165) is 16.8 Å². The number of aryl methyl sites for hydroxylation is 1. The van der Waals surface area contributed by atoms with E-state index in [-0.39, 0.29) is 24.0 Å². The van der Waals surface area contributed by atoms with Crippen molar-refractivity contribution in [1.29, 1.82) is 0 Å². The van der Waals surface area contributed by atoms with Crippen LogP contribution in [-0.2, 0) is 4.79 Å². The highest BCUT2D eigenvalue weighted by Gasteiger charge is 2.18. The van der Waals surface area contributed by atoms with Crippen LogP contribution in [0.5, 0.6) is 11.5 Å². The summed E-state index contributed by atoms with van der Waals surface area (Å²) in [5.41, 5.74) is 3.61. The molecule has 1 aliphatic rings. The lowest BCUT2D eigenvalue weighted by Crippen LogP contribution is -2.23. The van der Waals surface area contributed by atoms with Gasteiger partial charge in [-0.3, -0.25) is 14.2 Å².